The summed E-state index contributed by atoms with van der Waals surface area (Å²) in [4.78, 5) is 34.7. The zero-order valence-electron chi connectivity index (χ0n) is 10.6. The summed E-state index contributed by atoms with van der Waals surface area (Å²) in [6, 6.07) is -1.82. The van der Waals surface area contributed by atoms with Crippen molar-refractivity contribution in [2.45, 2.75) is 13.0 Å². The highest BCUT2D eigenvalue weighted by Gasteiger charge is 2.23. The number of rotatable bonds is 7. The van der Waals surface area contributed by atoms with E-state index >= 15 is 0 Å². The standard InChI is InChI=1S/C10H18N2O6/c1-4-12(5-8(13)18-3)10(16)11-7(6-17-2)9(14)15/h7H,4-6H2,1-3H3,(H,11,16)(H,14,15). The number of methoxy groups -OCH3 is 2. The number of esters is 1. The molecular formula is C10H18N2O6. The van der Waals surface area contributed by atoms with E-state index in [2.05, 4.69) is 14.8 Å². The summed E-state index contributed by atoms with van der Waals surface area (Å²) < 4.78 is 9.11. The summed E-state index contributed by atoms with van der Waals surface area (Å²) in [6.07, 6.45) is 0. The number of nitrogens with one attached hydrogen (secondary N) is 1. The van der Waals surface area contributed by atoms with Gasteiger partial charge in [0.25, 0.3) is 0 Å². The summed E-state index contributed by atoms with van der Waals surface area (Å²) in [5, 5.41) is 11.1. The van der Waals surface area contributed by atoms with Gasteiger partial charge in [-0.25, -0.2) is 9.59 Å². The maximum absolute atomic E-state index is 11.7. The van der Waals surface area contributed by atoms with Gasteiger partial charge in [-0.3, -0.25) is 4.79 Å². The van der Waals surface area contributed by atoms with E-state index in [-0.39, 0.29) is 19.7 Å². The van der Waals surface area contributed by atoms with Gasteiger partial charge in [0.2, 0.25) is 0 Å². The average molecular weight is 262 g/mol. The van der Waals surface area contributed by atoms with Crippen molar-refractivity contribution in [2.75, 3.05) is 33.9 Å². The molecule has 1 atom stereocenters. The summed E-state index contributed by atoms with van der Waals surface area (Å²) in [7, 11) is 2.53. The van der Waals surface area contributed by atoms with Crippen LogP contribution in [0.4, 0.5) is 4.79 Å². The van der Waals surface area contributed by atoms with Crippen molar-refractivity contribution >= 4 is 18.0 Å². The van der Waals surface area contributed by atoms with Gasteiger partial charge in [0.15, 0.2) is 6.04 Å². The largest absolute Gasteiger partial charge is 0.480 e. The number of carbonyl (C=O) groups excluding carboxylic acids is 2. The van der Waals surface area contributed by atoms with E-state index in [4.69, 9.17) is 5.11 Å². The number of nitrogens with zero attached hydrogens (tertiary/aromatic N) is 1. The molecule has 18 heavy (non-hydrogen) atoms. The SMILES string of the molecule is CCN(CC(=O)OC)C(=O)NC(COC)C(=O)O. The Labute approximate surface area is 105 Å². The van der Waals surface area contributed by atoms with Crippen LogP contribution in [-0.4, -0.2) is 67.9 Å². The normalized spacial score (nSPS) is 11.5. The summed E-state index contributed by atoms with van der Waals surface area (Å²) in [6.45, 7) is 1.52. The third kappa shape index (κ3) is 5.48. The van der Waals surface area contributed by atoms with Crippen LogP contribution in [0.15, 0.2) is 0 Å². The fraction of sp³-hybridized carbons (Fsp3) is 0.700. The van der Waals surface area contributed by atoms with Crippen LogP contribution in [0, 0.1) is 0 Å². The highest BCUT2D eigenvalue weighted by atomic mass is 16.5. The molecular weight excluding hydrogens is 244 g/mol. The number of likely N-dealkylation sites (N-methyl/N-ethyl adjacent to an activating group) is 1. The van der Waals surface area contributed by atoms with Crippen molar-refractivity contribution in [1.29, 1.82) is 0 Å². The van der Waals surface area contributed by atoms with E-state index in [1.807, 2.05) is 0 Å². The van der Waals surface area contributed by atoms with Crippen LogP contribution in [-0.2, 0) is 19.1 Å². The van der Waals surface area contributed by atoms with Crippen LogP contribution in [0.25, 0.3) is 0 Å². The highest BCUT2D eigenvalue weighted by molar-refractivity contribution is 5.85. The van der Waals surface area contributed by atoms with E-state index in [9.17, 15) is 14.4 Å². The molecule has 0 radical (unpaired) electrons. The number of carbonyl (C=O) groups is 3. The fourth-order valence-electron chi connectivity index (χ4n) is 1.13. The van der Waals surface area contributed by atoms with Crippen molar-refractivity contribution in [3.63, 3.8) is 0 Å². The molecule has 0 aromatic heterocycles. The van der Waals surface area contributed by atoms with Crippen molar-refractivity contribution in [3.05, 3.63) is 0 Å². The maximum atomic E-state index is 11.7. The lowest BCUT2D eigenvalue weighted by Crippen LogP contribution is -2.51. The number of urea groups is 1. The first-order valence-electron chi connectivity index (χ1n) is 5.30. The zero-order chi connectivity index (χ0) is 14.1. The Morgan fingerprint density at radius 2 is 1.94 bits per heavy atom. The molecule has 8 nitrogen and oxygen atoms in total. The van der Waals surface area contributed by atoms with Gasteiger partial charge in [0.05, 0.1) is 13.7 Å². The third-order valence-electron chi connectivity index (χ3n) is 2.15. The number of amides is 2. The molecule has 2 N–H and O–H groups in total. The molecule has 0 rings (SSSR count). The van der Waals surface area contributed by atoms with E-state index in [1.54, 1.807) is 6.92 Å². The van der Waals surface area contributed by atoms with Crippen LogP contribution < -0.4 is 5.32 Å². The van der Waals surface area contributed by atoms with Gasteiger partial charge >= 0.3 is 18.0 Å². The Hall–Kier alpha value is -1.83. The minimum Gasteiger partial charge on any atom is -0.480 e. The van der Waals surface area contributed by atoms with Crippen LogP contribution in [0.2, 0.25) is 0 Å². The molecule has 104 valence electrons. The van der Waals surface area contributed by atoms with Gasteiger partial charge < -0.3 is 24.8 Å². The fourth-order valence-corrected chi connectivity index (χ4v) is 1.13. The molecule has 0 spiro atoms. The molecule has 0 saturated carbocycles. The number of ether oxygens (including phenoxy) is 2. The van der Waals surface area contributed by atoms with Crippen LogP contribution in [0.5, 0.6) is 0 Å². The first-order valence-corrected chi connectivity index (χ1v) is 5.30. The van der Waals surface area contributed by atoms with Gasteiger partial charge in [-0.1, -0.05) is 0 Å². The number of hydrogen-bond donors (Lipinski definition) is 2. The first-order chi connectivity index (χ1) is 8.46. The molecule has 0 aromatic carbocycles. The Bertz CT molecular complexity index is 307. The number of carboxylic acids is 1. The molecule has 1 unspecified atom stereocenters. The number of hydrogen-bond acceptors (Lipinski definition) is 5. The zero-order valence-corrected chi connectivity index (χ0v) is 10.6. The van der Waals surface area contributed by atoms with Crippen molar-refractivity contribution in [1.82, 2.24) is 10.2 Å². The minimum atomic E-state index is -1.21. The van der Waals surface area contributed by atoms with E-state index < -0.39 is 24.0 Å². The molecule has 0 aromatic rings. The van der Waals surface area contributed by atoms with Crippen LogP contribution in [0.3, 0.4) is 0 Å². The molecule has 2 amide bonds. The molecule has 0 aliphatic rings. The minimum absolute atomic E-state index is 0.156. The van der Waals surface area contributed by atoms with Gasteiger partial charge in [-0.05, 0) is 6.92 Å². The predicted molar refractivity (Wildman–Crippen MR) is 61.1 cm³/mol. The lowest BCUT2D eigenvalue weighted by molar-refractivity contribution is -0.141. The van der Waals surface area contributed by atoms with Crippen molar-refractivity contribution in [2.24, 2.45) is 0 Å². The molecule has 0 heterocycles. The molecule has 0 bridgehead atoms. The van der Waals surface area contributed by atoms with Gasteiger partial charge in [0, 0.05) is 13.7 Å². The summed E-state index contributed by atoms with van der Waals surface area (Å²) >= 11 is 0. The average Bonchev–Trinajstić information content (AvgIpc) is 2.34. The lowest BCUT2D eigenvalue weighted by atomic mass is 10.3. The maximum Gasteiger partial charge on any atom is 0.328 e. The first kappa shape index (κ1) is 16.2. The third-order valence-corrected chi connectivity index (χ3v) is 2.15. The van der Waals surface area contributed by atoms with E-state index in [0.29, 0.717) is 0 Å². The predicted octanol–water partition coefficient (Wildman–Crippen LogP) is -0.709. The lowest BCUT2D eigenvalue weighted by Gasteiger charge is -2.22. The van der Waals surface area contributed by atoms with E-state index in [0.717, 1.165) is 4.90 Å². The van der Waals surface area contributed by atoms with Crippen LogP contribution >= 0.6 is 0 Å². The molecule has 0 saturated heterocycles. The second-order valence-electron chi connectivity index (χ2n) is 3.39. The molecule has 0 aliphatic heterocycles. The smallest absolute Gasteiger partial charge is 0.328 e. The number of carboxylic acid groups (broad SMARTS) is 1. The highest BCUT2D eigenvalue weighted by Crippen LogP contribution is 1.94. The van der Waals surface area contributed by atoms with Crippen molar-refractivity contribution < 1.29 is 29.0 Å². The Balaban J connectivity index is 4.49. The quantitative estimate of drug-likeness (QED) is 0.587. The molecule has 8 heteroatoms. The Kier molecular flexibility index (Phi) is 7.45. The van der Waals surface area contributed by atoms with E-state index in [1.165, 1.54) is 14.2 Å². The second-order valence-corrected chi connectivity index (χ2v) is 3.39. The van der Waals surface area contributed by atoms with Crippen molar-refractivity contribution in [3.8, 4) is 0 Å². The van der Waals surface area contributed by atoms with Gasteiger partial charge in [-0.2, -0.15) is 0 Å². The monoisotopic (exact) mass is 262 g/mol. The Morgan fingerprint density at radius 1 is 1.33 bits per heavy atom. The molecule has 0 fully saturated rings. The summed E-state index contributed by atoms with van der Waals surface area (Å²) in [5.74, 6) is -1.79. The Morgan fingerprint density at radius 3 is 2.33 bits per heavy atom. The number of aliphatic carboxylic acids is 1. The van der Waals surface area contributed by atoms with Crippen LogP contribution in [0.1, 0.15) is 6.92 Å². The van der Waals surface area contributed by atoms with Gasteiger partial charge in [-0.15, -0.1) is 0 Å². The second kappa shape index (κ2) is 8.29. The van der Waals surface area contributed by atoms with Gasteiger partial charge in [0.1, 0.15) is 6.54 Å². The molecule has 0 aliphatic carbocycles. The topological polar surface area (TPSA) is 105 Å². The summed E-state index contributed by atoms with van der Waals surface area (Å²) in [5.41, 5.74) is 0.